The van der Waals surface area contributed by atoms with Gasteiger partial charge in [-0.25, -0.2) is 0 Å². The van der Waals surface area contributed by atoms with Crippen LogP contribution in [0.4, 0.5) is 0 Å². The minimum absolute atomic E-state index is 0. The number of aliphatic imine (C=N–C) groups is 2. The smallest absolute Gasteiger partial charge is 0.872 e. The van der Waals surface area contributed by atoms with Crippen LogP contribution in [-0.4, -0.2) is 35.7 Å². The first-order valence-electron chi connectivity index (χ1n) is 9.89. The van der Waals surface area contributed by atoms with E-state index in [9.17, 15) is 20.4 Å². The number of hydrogen-bond donors (Lipinski definition) is 2. The largest absolute Gasteiger partial charge is 2.00 e. The molecule has 32 heavy (non-hydrogen) atoms. The fraction of sp³-hybridized carbons (Fsp3) is 0.120. The van der Waals surface area contributed by atoms with Gasteiger partial charge in [-0.05, 0) is 40.5 Å². The van der Waals surface area contributed by atoms with Crippen LogP contribution in [0.2, 0.25) is 0 Å². The quantitative estimate of drug-likeness (QED) is 0.252. The number of hydrogen-bond acceptors (Lipinski definition) is 6. The SMILES string of the molecule is [Cu+2].[O-]c1c(C=NCCCN=Cc2ccc3cccc(O)c3c2[O-])ccc2cccc(O)c12. The third-order valence-electron chi connectivity index (χ3n) is 5.05. The van der Waals surface area contributed by atoms with Gasteiger partial charge in [-0.1, -0.05) is 60.0 Å². The summed E-state index contributed by atoms with van der Waals surface area (Å²) in [6.45, 7) is 0.941. The van der Waals surface area contributed by atoms with Crippen LogP contribution in [0, 0.1) is 0 Å². The maximum atomic E-state index is 12.5. The summed E-state index contributed by atoms with van der Waals surface area (Å²) in [5.74, 6) is -0.571. The number of benzene rings is 4. The van der Waals surface area contributed by atoms with Crippen molar-refractivity contribution >= 4 is 34.0 Å². The Bertz CT molecular complexity index is 1220. The van der Waals surface area contributed by atoms with Crippen LogP contribution in [0.15, 0.2) is 70.6 Å². The summed E-state index contributed by atoms with van der Waals surface area (Å²) in [5, 5.41) is 46.8. The van der Waals surface area contributed by atoms with Gasteiger partial charge in [0.1, 0.15) is 11.5 Å². The molecule has 4 aromatic carbocycles. The molecule has 4 rings (SSSR count). The Morgan fingerprint density at radius 3 is 1.53 bits per heavy atom. The van der Waals surface area contributed by atoms with Crippen LogP contribution in [0.1, 0.15) is 17.5 Å². The maximum Gasteiger partial charge on any atom is 2.00 e. The first-order valence-corrected chi connectivity index (χ1v) is 9.89. The molecule has 0 heterocycles. The summed E-state index contributed by atoms with van der Waals surface area (Å²) in [5.41, 5.74) is 0.842. The molecule has 2 N–H and O–H groups in total. The molecule has 6 nitrogen and oxygen atoms in total. The average molecular weight is 476 g/mol. The third-order valence-corrected chi connectivity index (χ3v) is 5.05. The molecule has 0 atom stereocenters. The van der Waals surface area contributed by atoms with Gasteiger partial charge in [0.05, 0.1) is 0 Å². The Labute approximate surface area is 195 Å². The number of fused-ring (bicyclic) bond motifs is 2. The molecular formula is C25H20CuN2O4. The molecular weight excluding hydrogens is 456 g/mol. The number of aromatic hydroxyl groups is 2. The molecule has 0 amide bonds. The molecule has 0 unspecified atom stereocenters. The first kappa shape index (κ1) is 23.1. The summed E-state index contributed by atoms with van der Waals surface area (Å²) >= 11 is 0. The van der Waals surface area contributed by atoms with Crippen molar-refractivity contribution in [1.29, 1.82) is 0 Å². The van der Waals surface area contributed by atoms with E-state index in [-0.39, 0.29) is 40.1 Å². The van der Waals surface area contributed by atoms with Crippen LogP contribution in [0.5, 0.6) is 23.0 Å². The zero-order valence-electron chi connectivity index (χ0n) is 17.0. The fourth-order valence-corrected chi connectivity index (χ4v) is 3.47. The topological polar surface area (TPSA) is 111 Å². The Morgan fingerprint density at radius 1 is 0.656 bits per heavy atom. The van der Waals surface area contributed by atoms with E-state index < -0.39 is 0 Å². The predicted octanol–water partition coefficient (Wildman–Crippen LogP) is 3.48. The van der Waals surface area contributed by atoms with Crippen molar-refractivity contribution in [3.63, 3.8) is 0 Å². The van der Waals surface area contributed by atoms with Crippen LogP contribution in [-0.2, 0) is 17.1 Å². The first-order chi connectivity index (χ1) is 15.1. The zero-order chi connectivity index (χ0) is 21.8. The molecule has 0 bridgehead atoms. The van der Waals surface area contributed by atoms with Crippen molar-refractivity contribution in [2.24, 2.45) is 9.98 Å². The van der Waals surface area contributed by atoms with Crippen molar-refractivity contribution in [2.75, 3.05) is 13.1 Å². The zero-order valence-corrected chi connectivity index (χ0v) is 17.9. The second-order valence-corrected chi connectivity index (χ2v) is 7.14. The van der Waals surface area contributed by atoms with Gasteiger partial charge in [-0.3, -0.25) is 9.98 Å². The van der Waals surface area contributed by atoms with Gasteiger partial charge in [0.15, 0.2) is 0 Å². The fourth-order valence-electron chi connectivity index (χ4n) is 3.47. The van der Waals surface area contributed by atoms with Gasteiger partial charge in [-0.15, -0.1) is 0 Å². The molecule has 0 aliphatic carbocycles. The second-order valence-electron chi connectivity index (χ2n) is 7.14. The number of phenolic OH excluding ortho intramolecular Hbond substituents is 2. The van der Waals surface area contributed by atoms with Crippen molar-refractivity contribution in [1.82, 2.24) is 0 Å². The van der Waals surface area contributed by atoms with Gasteiger partial charge in [-0.2, -0.15) is 0 Å². The summed E-state index contributed by atoms with van der Waals surface area (Å²) in [6.07, 6.45) is 3.67. The number of phenols is 2. The van der Waals surface area contributed by atoms with Crippen molar-refractivity contribution in [3.05, 3.63) is 71.8 Å². The van der Waals surface area contributed by atoms with Crippen LogP contribution < -0.4 is 10.2 Å². The summed E-state index contributed by atoms with van der Waals surface area (Å²) in [7, 11) is 0. The van der Waals surface area contributed by atoms with Crippen molar-refractivity contribution in [3.8, 4) is 23.0 Å². The monoisotopic (exact) mass is 475 g/mol. The van der Waals surface area contributed by atoms with Crippen LogP contribution in [0.25, 0.3) is 21.5 Å². The Balaban J connectivity index is 0.00000289. The summed E-state index contributed by atoms with van der Waals surface area (Å²) in [4.78, 5) is 8.56. The van der Waals surface area contributed by atoms with E-state index in [1.54, 1.807) is 48.5 Å². The summed E-state index contributed by atoms with van der Waals surface area (Å²) < 4.78 is 0. The molecule has 0 saturated heterocycles. The Kier molecular flexibility index (Phi) is 7.36. The van der Waals surface area contributed by atoms with E-state index in [2.05, 4.69) is 9.98 Å². The normalized spacial score (nSPS) is 11.5. The molecule has 0 fully saturated rings. The molecule has 1 radical (unpaired) electrons. The molecule has 7 heteroatoms. The molecule has 0 aliphatic heterocycles. The van der Waals surface area contributed by atoms with Crippen molar-refractivity contribution in [2.45, 2.75) is 6.42 Å². The van der Waals surface area contributed by atoms with Gasteiger partial charge in [0, 0.05) is 36.3 Å². The average Bonchev–Trinajstić information content (AvgIpc) is 2.76. The molecule has 0 saturated carbocycles. The molecule has 0 spiro atoms. The van der Waals surface area contributed by atoms with E-state index in [4.69, 9.17) is 0 Å². The van der Waals surface area contributed by atoms with E-state index in [1.165, 1.54) is 24.6 Å². The van der Waals surface area contributed by atoms with E-state index in [1.807, 2.05) is 0 Å². The van der Waals surface area contributed by atoms with Crippen LogP contribution >= 0.6 is 0 Å². The second kappa shape index (κ2) is 10.2. The third kappa shape index (κ3) is 4.69. The maximum absolute atomic E-state index is 12.5. The molecule has 165 valence electrons. The van der Waals surface area contributed by atoms with E-state index in [0.29, 0.717) is 52.2 Å². The molecule has 0 aromatic heterocycles. The number of rotatable bonds is 6. The Morgan fingerprint density at radius 2 is 1.09 bits per heavy atom. The standard InChI is InChI=1S/C25H22N2O4.Cu/c28-20-6-1-4-16-8-10-18(24(30)22(16)20)14-26-12-3-13-27-15-19-11-9-17-5-2-7-21(29)23(17)25(19)31;/h1-2,4-11,14-15,28-31H,3,12-13H2;/q;+2/p-2. The number of nitrogens with zero attached hydrogens (tertiary/aromatic N) is 2. The van der Waals surface area contributed by atoms with Gasteiger partial charge in [0.25, 0.3) is 0 Å². The van der Waals surface area contributed by atoms with Crippen molar-refractivity contribution < 1.29 is 37.5 Å². The van der Waals surface area contributed by atoms with Gasteiger partial charge < -0.3 is 20.4 Å². The molecule has 0 aliphatic rings. The van der Waals surface area contributed by atoms with E-state index in [0.717, 1.165) is 0 Å². The van der Waals surface area contributed by atoms with Gasteiger partial charge >= 0.3 is 17.1 Å². The predicted molar refractivity (Wildman–Crippen MR) is 120 cm³/mol. The molecule has 4 aromatic rings. The minimum atomic E-state index is -0.250. The van der Waals surface area contributed by atoms with Gasteiger partial charge in [0.2, 0.25) is 0 Å². The summed E-state index contributed by atoms with van der Waals surface area (Å²) in [6, 6.07) is 16.9. The minimum Gasteiger partial charge on any atom is -0.872 e. The Hall–Kier alpha value is -3.54. The van der Waals surface area contributed by atoms with Crippen LogP contribution in [0.3, 0.4) is 0 Å². The van der Waals surface area contributed by atoms with E-state index >= 15 is 0 Å².